The summed E-state index contributed by atoms with van der Waals surface area (Å²) in [5.74, 6) is 1.31. The average Bonchev–Trinajstić information content (AvgIpc) is 2.39. The first-order valence-corrected chi connectivity index (χ1v) is 7.48. The minimum Gasteiger partial charge on any atom is -0.368 e. The van der Waals surface area contributed by atoms with Crippen molar-refractivity contribution in [3.63, 3.8) is 0 Å². The molecule has 19 heavy (non-hydrogen) atoms. The maximum Gasteiger partial charge on any atom is 0.0556 e. The lowest BCUT2D eigenvalue weighted by molar-refractivity contribution is 0.231. The monoisotopic (exact) mass is 261 g/mol. The van der Waals surface area contributed by atoms with E-state index in [0.29, 0.717) is 5.92 Å². The molecule has 106 valence electrons. The van der Waals surface area contributed by atoms with E-state index in [2.05, 4.69) is 48.5 Å². The number of aromatic nitrogens is 1. The number of hydrogen-bond donors (Lipinski definition) is 0. The summed E-state index contributed by atoms with van der Waals surface area (Å²) in [6.45, 7) is 14.8. The molecule has 0 saturated carbocycles. The van der Waals surface area contributed by atoms with Crippen LogP contribution in [0.4, 0.5) is 5.69 Å². The van der Waals surface area contributed by atoms with Crippen LogP contribution in [-0.4, -0.2) is 42.6 Å². The third-order valence-corrected chi connectivity index (χ3v) is 3.77. The Morgan fingerprint density at radius 2 is 1.74 bits per heavy atom. The summed E-state index contributed by atoms with van der Waals surface area (Å²) in [6, 6.07) is 2.30. The van der Waals surface area contributed by atoms with Gasteiger partial charge in [0, 0.05) is 38.9 Å². The van der Waals surface area contributed by atoms with Gasteiger partial charge in [-0.25, -0.2) is 0 Å². The summed E-state index contributed by atoms with van der Waals surface area (Å²) in [5.41, 5.74) is 2.62. The molecule has 2 rings (SSSR count). The predicted molar refractivity (Wildman–Crippen MR) is 81.8 cm³/mol. The van der Waals surface area contributed by atoms with Crippen molar-refractivity contribution in [1.82, 2.24) is 9.88 Å². The van der Waals surface area contributed by atoms with Crippen molar-refractivity contribution in [1.29, 1.82) is 0 Å². The molecule has 0 spiro atoms. The van der Waals surface area contributed by atoms with Gasteiger partial charge in [0.05, 0.1) is 11.9 Å². The molecule has 1 fully saturated rings. The van der Waals surface area contributed by atoms with E-state index in [9.17, 15) is 0 Å². The lowest BCUT2D eigenvalue weighted by Crippen LogP contribution is -2.47. The number of pyridine rings is 1. The molecule has 1 aliphatic heterocycles. The van der Waals surface area contributed by atoms with Gasteiger partial charge >= 0.3 is 0 Å². The number of rotatable bonds is 4. The standard InChI is InChI=1S/C16H27N3/c1-13(2)12-18-5-7-19(8-6-18)16-9-15(14(3)4)10-17-11-16/h9-11,13-14H,5-8,12H2,1-4H3. The fourth-order valence-electron chi connectivity index (χ4n) is 2.64. The van der Waals surface area contributed by atoms with Crippen molar-refractivity contribution in [3.05, 3.63) is 24.0 Å². The van der Waals surface area contributed by atoms with Gasteiger partial charge in [-0.1, -0.05) is 27.7 Å². The largest absolute Gasteiger partial charge is 0.368 e. The summed E-state index contributed by atoms with van der Waals surface area (Å²) >= 11 is 0. The highest BCUT2D eigenvalue weighted by Gasteiger charge is 2.18. The topological polar surface area (TPSA) is 19.4 Å². The summed E-state index contributed by atoms with van der Waals surface area (Å²) in [4.78, 5) is 9.43. The Bertz CT molecular complexity index is 393. The molecule has 2 heterocycles. The molecule has 0 bridgehead atoms. The van der Waals surface area contributed by atoms with Gasteiger partial charge < -0.3 is 4.90 Å². The molecule has 1 aromatic heterocycles. The second-order valence-electron chi connectivity index (χ2n) is 6.31. The van der Waals surface area contributed by atoms with E-state index in [0.717, 1.165) is 19.0 Å². The summed E-state index contributed by atoms with van der Waals surface area (Å²) in [5, 5.41) is 0. The zero-order valence-corrected chi connectivity index (χ0v) is 12.8. The highest BCUT2D eigenvalue weighted by Crippen LogP contribution is 2.21. The Hall–Kier alpha value is -1.09. The Balaban J connectivity index is 1.96. The normalized spacial score (nSPS) is 17.5. The second-order valence-corrected chi connectivity index (χ2v) is 6.31. The van der Waals surface area contributed by atoms with Gasteiger partial charge in [0.25, 0.3) is 0 Å². The zero-order valence-electron chi connectivity index (χ0n) is 12.8. The van der Waals surface area contributed by atoms with Crippen LogP contribution in [0.15, 0.2) is 18.5 Å². The van der Waals surface area contributed by atoms with E-state index in [4.69, 9.17) is 0 Å². The number of anilines is 1. The molecule has 1 aromatic rings. The van der Waals surface area contributed by atoms with Crippen LogP contribution >= 0.6 is 0 Å². The van der Waals surface area contributed by atoms with Crippen LogP contribution < -0.4 is 4.90 Å². The fraction of sp³-hybridized carbons (Fsp3) is 0.688. The minimum atomic E-state index is 0.551. The molecule has 0 radical (unpaired) electrons. The van der Waals surface area contributed by atoms with Crippen LogP contribution in [0, 0.1) is 5.92 Å². The maximum absolute atomic E-state index is 4.39. The predicted octanol–water partition coefficient (Wildman–Crippen LogP) is 2.98. The highest BCUT2D eigenvalue weighted by atomic mass is 15.3. The Morgan fingerprint density at radius 1 is 1.05 bits per heavy atom. The minimum absolute atomic E-state index is 0.551. The van der Waals surface area contributed by atoms with E-state index in [1.807, 2.05) is 12.4 Å². The van der Waals surface area contributed by atoms with Crippen LogP contribution in [0.5, 0.6) is 0 Å². The van der Waals surface area contributed by atoms with Crippen molar-refractivity contribution in [2.75, 3.05) is 37.6 Å². The van der Waals surface area contributed by atoms with Crippen LogP contribution in [-0.2, 0) is 0 Å². The van der Waals surface area contributed by atoms with Gasteiger partial charge in [-0.2, -0.15) is 0 Å². The first-order chi connectivity index (χ1) is 9.06. The summed E-state index contributed by atoms with van der Waals surface area (Å²) < 4.78 is 0. The Labute approximate surface area is 117 Å². The SMILES string of the molecule is CC(C)CN1CCN(c2cncc(C(C)C)c2)CC1. The number of piperazine rings is 1. The van der Waals surface area contributed by atoms with Gasteiger partial charge in [0.1, 0.15) is 0 Å². The van der Waals surface area contributed by atoms with Crippen molar-refractivity contribution >= 4 is 5.69 Å². The number of hydrogen-bond acceptors (Lipinski definition) is 3. The second kappa shape index (κ2) is 6.38. The fourth-order valence-corrected chi connectivity index (χ4v) is 2.64. The van der Waals surface area contributed by atoms with Gasteiger partial charge in [-0.05, 0) is 23.5 Å². The molecular formula is C16H27N3. The number of nitrogens with zero attached hydrogens (tertiary/aromatic N) is 3. The third-order valence-electron chi connectivity index (χ3n) is 3.77. The van der Waals surface area contributed by atoms with Gasteiger partial charge in [-0.3, -0.25) is 9.88 Å². The molecule has 0 N–H and O–H groups in total. The van der Waals surface area contributed by atoms with Crippen molar-refractivity contribution in [2.24, 2.45) is 5.92 Å². The third kappa shape index (κ3) is 3.93. The molecule has 0 aromatic carbocycles. The lowest BCUT2D eigenvalue weighted by atomic mass is 10.1. The van der Waals surface area contributed by atoms with Gasteiger partial charge in [-0.15, -0.1) is 0 Å². The first-order valence-electron chi connectivity index (χ1n) is 7.48. The Kier molecular flexibility index (Phi) is 4.81. The van der Waals surface area contributed by atoms with E-state index in [1.54, 1.807) is 0 Å². The van der Waals surface area contributed by atoms with Crippen LogP contribution in [0.25, 0.3) is 0 Å². The molecule has 3 heteroatoms. The van der Waals surface area contributed by atoms with Crippen molar-refractivity contribution in [2.45, 2.75) is 33.6 Å². The quantitative estimate of drug-likeness (QED) is 0.830. The average molecular weight is 261 g/mol. The van der Waals surface area contributed by atoms with Crippen LogP contribution in [0.2, 0.25) is 0 Å². The molecule has 1 aliphatic rings. The van der Waals surface area contributed by atoms with E-state index < -0.39 is 0 Å². The maximum atomic E-state index is 4.39. The Morgan fingerprint density at radius 3 is 2.32 bits per heavy atom. The molecule has 0 unspecified atom stereocenters. The molecule has 1 saturated heterocycles. The molecule has 0 amide bonds. The highest BCUT2D eigenvalue weighted by molar-refractivity contribution is 5.47. The van der Waals surface area contributed by atoms with Crippen molar-refractivity contribution in [3.8, 4) is 0 Å². The molecule has 3 nitrogen and oxygen atoms in total. The van der Waals surface area contributed by atoms with Crippen LogP contribution in [0.3, 0.4) is 0 Å². The van der Waals surface area contributed by atoms with Crippen molar-refractivity contribution < 1.29 is 0 Å². The van der Waals surface area contributed by atoms with E-state index in [1.165, 1.54) is 30.9 Å². The van der Waals surface area contributed by atoms with Gasteiger partial charge in [0.15, 0.2) is 0 Å². The zero-order chi connectivity index (χ0) is 13.8. The summed E-state index contributed by atoms with van der Waals surface area (Å²) in [6.07, 6.45) is 3.99. The van der Waals surface area contributed by atoms with Gasteiger partial charge in [0.2, 0.25) is 0 Å². The molecule has 0 aliphatic carbocycles. The molecule has 0 atom stereocenters. The smallest absolute Gasteiger partial charge is 0.0556 e. The van der Waals surface area contributed by atoms with E-state index >= 15 is 0 Å². The molecular weight excluding hydrogens is 234 g/mol. The summed E-state index contributed by atoms with van der Waals surface area (Å²) in [7, 11) is 0. The van der Waals surface area contributed by atoms with Crippen LogP contribution in [0.1, 0.15) is 39.2 Å². The lowest BCUT2D eigenvalue weighted by Gasteiger charge is -2.36. The van der Waals surface area contributed by atoms with E-state index in [-0.39, 0.29) is 0 Å². The first kappa shape index (κ1) is 14.3.